The van der Waals surface area contributed by atoms with Crippen LogP contribution < -0.4 is 0 Å². The number of nitrogens with one attached hydrogen (secondary N) is 1. The number of fused-ring (bicyclic) bond motifs is 3. The summed E-state index contributed by atoms with van der Waals surface area (Å²) >= 11 is 0. The van der Waals surface area contributed by atoms with Crippen molar-refractivity contribution in [1.29, 1.82) is 0 Å². The van der Waals surface area contributed by atoms with E-state index in [-0.39, 0.29) is 11.5 Å². The van der Waals surface area contributed by atoms with Crippen LogP contribution in [0.2, 0.25) is 0 Å². The summed E-state index contributed by atoms with van der Waals surface area (Å²) in [4.78, 5) is 17.4. The number of methoxy groups -OCH3 is 1. The number of aromatic nitrogens is 1. The predicted molar refractivity (Wildman–Crippen MR) is 113 cm³/mol. The SMILES string of the molecule is COC(=O)C=Cc1ccc(C(C)(C)N2CCc3c([nH]c4ccccc34)C2)cc1. The molecule has 0 bridgehead atoms. The summed E-state index contributed by atoms with van der Waals surface area (Å²) in [7, 11) is 1.38. The molecule has 4 nitrogen and oxygen atoms in total. The van der Waals surface area contributed by atoms with Gasteiger partial charge in [-0.1, -0.05) is 42.5 Å². The highest BCUT2D eigenvalue weighted by Gasteiger charge is 2.32. The highest BCUT2D eigenvalue weighted by Crippen LogP contribution is 2.35. The first-order valence-electron chi connectivity index (χ1n) is 9.69. The maximum atomic E-state index is 11.3. The van der Waals surface area contributed by atoms with Crippen molar-refractivity contribution >= 4 is 22.9 Å². The number of nitrogens with zero attached hydrogens (tertiary/aromatic N) is 1. The van der Waals surface area contributed by atoms with Crippen molar-refractivity contribution in [3.63, 3.8) is 0 Å². The molecule has 0 radical (unpaired) electrons. The number of rotatable bonds is 4. The van der Waals surface area contributed by atoms with Gasteiger partial charge in [-0.15, -0.1) is 0 Å². The summed E-state index contributed by atoms with van der Waals surface area (Å²) in [6.07, 6.45) is 4.28. The number of para-hydroxylation sites is 1. The van der Waals surface area contributed by atoms with Crippen LogP contribution in [0, 0.1) is 0 Å². The first-order chi connectivity index (χ1) is 13.5. The summed E-state index contributed by atoms with van der Waals surface area (Å²) in [6, 6.07) is 17.0. The fraction of sp³-hybridized carbons (Fsp3) is 0.292. The molecule has 1 aliphatic rings. The number of hydrogen-bond acceptors (Lipinski definition) is 3. The van der Waals surface area contributed by atoms with E-state index in [1.54, 1.807) is 6.08 Å². The number of aromatic amines is 1. The van der Waals surface area contributed by atoms with Crippen molar-refractivity contribution in [2.75, 3.05) is 13.7 Å². The lowest BCUT2D eigenvalue weighted by atomic mass is 9.89. The minimum Gasteiger partial charge on any atom is -0.466 e. The molecule has 1 aliphatic heterocycles. The summed E-state index contributed by atoms with van der Waals surface area (Å²) < 4.78 is 4.64. The smallest absolute Gasteiger partial charge is 0.330 e. The van der Waals surface area contributed by atoms with E-state index in [2.05, 4.69) is 77.0 Å². The minimum atomic E-state index is -0.341. The molecule has 0 atom stereocenters. The first-order valence-corrected chi connectivity index (χ1v) is 9.69. The fourth-order valence-electron chi connectivity index (χ4n) is 4.09. The molecule has 0 spiro atoms. The quantitative estimate of drug-likeness (QED) is 0.534. The number of benzene rings is 2. The van der Waals surface area contributed by atoms with Gasteiger partial charge in [0, 0.05) is 41.3 Å². The lowest BCUT2D eigenvalue weighted by molar-refractivity contribution is -0.134. The largest absolute Gasteiger partial charge is 0.466 e. The molecule has 2 aromatic carbocycles. The van der Waals surface area contributed by atoms with Crippen LogP contribution in [0.1, 0.15) is 36.2 Å². The van der Waals surface area contributed by atoms with Crippen LogP contribution in [-0.2, 0) is 28.0 Å². The monoisotopic (exact) mass is 374 g/mol. The Morgan fingerprint density at radius 1 is 1.14 bits per heavy atom. The standard InChI is InChI=1S/C24H26N2O2/c1-24(2,18-11-8-17(9-12-18)10-13-23(27)28-3)26-15-14-20-19-6-4-5-7-21(19)25-22(20)16-26/h4-13,25H,14-16H2,1-3H3. The van der Waals surface area contributed by atoms with Crippen LogP contribution >= 0.6 is 0 Å². The second-order valence-corrected chi connectivity index (χ2v) is 7.84. The third-order valence-corrected chi connectivity index (χ3v) is 5.90. The Kier molecular flexibility index (Phi) is 4.82. The number of H-pyrrole nitrogens is 1. The van der Waals surface area contributed by atoms with Gasteiger partial charge in [-0.3, -0.25) is 4.90 Å². The summed E-state index contributed by atoms with van der Waals surface area (Å²) in [5.41, 5.74) is 6.20. The second kappa shape index (κ2) is 7.28. The first kappa shape index (κ1) is 18.5. The van der Waals surface area contributed by atoms with Gasteiger partial charge < -0.3 is 9.72 Å². The van der Waals surface area contributed by atoms with Gasteiger partial charge in [0.05, 0.1) is 7.11 Å². The van der Waals surface area contributed by atoms with Crippen LogP contribution in [0.25, 0.3) is 17.0 Å². The van der Waals surface area contributed by atoms with E-state index < -0.39 is 0 Å². The Bertz CT molecular complexity index is 1030. The van der Waals surface area contributed by atoms with E-state index >= 15 is 0 Å². The fourth-order valence-corrected chi connectivity index (χ4v) is 4.09. The van der Waals surface area contributed by atoms with Gasteiger partial charge in [-0.2, -0.15) is 0 Å². The van der Waals surface area contributed by atoms with E-state index in [0.29, 0.717) is 0 Å². The lowest BCUT2D eigenvalue weighted by Crippen LogP contribution is -2.44. The number of esters is 1. The predicted octanol–water partition coefficient (Wildman–Crippen LogP) is 4.65. The summed E-state index contributed by atoms with van der Waals surface area (Å²) in [5.74, 6) is -0.341. The third kappa shape index (κ3) is 3.36. The summed E-state index contributed by atoms with van der Waals surface area (Å²) in [5, 5.41) is 1.36. The average Bonchev–Trinajstić information content (AvgIpc) is 3.10. The van der Waals surface area contributed by atoms with Crippen LogP contribution in [0.3, 0.4) is 0 Å². The molecule has 0 aliphatic carbocycles. The molecule has 4 heteroatoms. The van der Waals surface area contributed by atoms with Crippen molar-refractivity contribution < 1.29 is 9.53 Å². The Balaban J connectivity index is 1.55. The molecule has 0 unspecified atom stereocenters. The van der Waals surface area contributed by atoms with Crippen LogP contribution in [-0.4, -0.2) is 29.5 Å². The minimum absolute atomic E-state index is 0.0838. The number of hydrogen-bond donors (Lipinski definition) is 1. The Hall–Kier alpha value is -2.85. The topological polar surface area (TPSA) is 45.3 Å². The van der Waals surface area contributed by atoms with Gasteiger partial charge >= 0.3 is 5.97 Å². The molecule has 28 heavy (non-hydrogen) atoms. The van der Waals surface area contributed by atoms with Crippen LogP contribution in [0.4, 0.5) is 0 Å². The van der Waals surface area contributed by atoms with Gasteiger partial charge in [0.25, 0.3) is 0 Å². The average molecular weight is 374 g/mol. The van der Waals surface area contributed by atoms with Crippen molar-refractivity contribution in [3.8, 4) is 0 Å². The Morgan fingerprint density at radius 2 is 1.89 bits per heavy atom. The normalized spacial score (nSPS) is 15.1. The van der Waals surface area contributed by atoms with Crippen molar-refractivity contribution in [1.82, 2.24) is 9.88 Å². The molecule has 4 rings (SSSR count). The maximum absolute atomic E-state index is 11.3. The number of carbonyl (C=O) groups excluding carboxylic acids is 1. The van der Waals surface area contributed by atoms with E-state index in [4.69, 9.17) is 0 Å². The summed E-state index contributed by atoms with van der Waals surface area (Å²) in [6.45, 7) is 6.51. The molecule has 1 aromatic heterocycles. The van der Waals surface area contributed by atoms with Gasteiger partial charge in [0.2, 0.25) is 0 Å². The molecule has 0 saturated carbocycles. The zero-order chi connectivity index (χ0) is 19.7. The van der Waals surface area contributed by atoms with Gasteiger partial charge in [0.1, 0.15) is 0 Å². The lowest BCUT2D eigenvalue weighted by Gasteiger charge is -2.41. The van der Waals surface area contributed by atoms with Crippen molar-refractivity contribution in [2.24, 2.45) is 0 Å². The molecular weight excluding hydrogens is 348 g/mol. The highest BCUT2D eigenvalue weighted by atomic mass is 16.5. The van der Waals surface area contributed by atoms with E-state index in [1.165, 1.54) is 40.9 Å². The highest BCUT2D eigenvalue weighted by molar-refractivity contribution is 5.87. The van der Waals surface area contributed by atoms with Crippen molar-refractivity contribution in [3.05, 3.63) is 77.0 Å². The molecule has 0 saturated heterocycles. The third-order valence-electron chi connectivity index (χ3n) is 5.90. The molecular formula is C24H26N2O2. The van der Waals surface area contributed by atoms with E-state index in [0.717, 1.165) is 25.1 Å². The molecule has 144 valence electrons. The van der Waals surface area contributed by atoms with Gasteiger partial charge in [-0.25, -0.2) is 4.79 Å². The molecule has 0 amide bonds. The van der Waals surface area contributed by atoms with Crippen molar-refractivity contribution in [2.45, 2.75) is 32.4 Å². The van der Waals surface area contributed by atoms with Crippen LogP contribution in [0.15, 0.2) is 54.6 Å². The molecule has 0 fully saturated rings. The van der Waals surface area contributed by atoms with Gasteiger partial charge in [-0.05, 0) is 49.1 Å². The number of ether oxygens (including phenoxy) is 1. The molecule has 3 aromatic rings. The second-order valence-electron chi connectivity index (χ2n) is 7.84. The Morgan fingerprint density at radius 3 is 2.64 bits per heavy atom. The maximum Gasteiger partial charge on any atom is 0.330 e. The zero-order valence-corrected chi connectivity index (χ0v) is 16.7. The van der Waals surface area contributed by atoms with E-state index in [1.807, 2.05) is 0 Å². The zero-order valence-electron chi connectivity index (χ0n) is 16.7. The molecule has 2 heterocycles. The molecule has 1 N–H and O–H groups in total. The Labute approximate surface area is 165 Å². The number of carbonyl (C=O) groups is 1. The van der Waals surface area contributed by atoms with E-state index in [9.17, 15) is 4.79 Å². The van der Waals surface area contributed by atoms with Gasteiger partial charge in [0.15, 0.2) is 0 Å². The van der Waals surface area contributed by atoms with Crippen LogP contribution in [0.5, 0.6) is 0 Å².